The van der Waals surface area contributed by atoms with E-state index >= 15 is 0 Å². The van der Waals surface area contributed by atoms with E-state index in [-0.39, 0.29) is 12.5 Å². The molecule has 1 aromatic carbocycles. The van der Waals surface area contributed by atoms with Crippen LogP contribution in [0.2, 0.25) is 10.0 Å². The van der Waals surface area contributed by atoms with Gasteiger partial charge in [-0.25, -0.2) is 0 Å². The zero-order valence-electron chi connectivity index (χ0n) is 12.0. The van der Waals surface area contributed by atoms with E-state index in [0.717, 1.165) is 24.9 Å². The molecule has 0 aliphatic carbocycles. The third-order valence-corrected chi connectivity index (χ3v) is 4.03. The van der Waals surface area contributed by atoms with E-state index in [0.29, 0.717) is 10.0 Å². The standard InChI is InChI=1S/C16H23Cl2NO/c1-2-3-4-5-9-19-10-8-14(12-20)13-6-7-15(17)16(18)11-13/h6-7,10-11,14,20H,2-5,8-9,12H2,1H3. The third-order valence-electron chi connectivity index (χ3n) is 3.30. The van der Waals surface area contributed by atoms with Crippen LogP contribution in [-0.4, -0.2) is 24.5 Å². The fourth-order valence-electron chi connectivity index (χ4n) is 2.01. The fraction of sp³-hybridized carbons (Fsp3) is 0.562. The molecule has 1 aromatic rings. The smallest absolute Gasteiger partial charge is 0.0595 e. The molecule has 1 atom stereocenters. The zero-order valence-corrected chi connectivity index (χ0v) is 13.5. The highest BCUT2D eigenvalue weighted by molar-refractivity contribution is 6.42. The zero-order chi connectivity index (χ0) is 14.8. The summed E-state index contributed by atoms with van der Waals surface area (Å²) in [6.07, 6.45) is 7.54. The fourth-order valence-corrected chi connectivity index (χ4v) is 2.31. The Bertz CT molecular complexity index is 421. The number of halogens is 2. The molecule has 4 heteroatoms. The van der Waals surface area contributed by atoms with E-state index in [1.165, 1.54) is 19.3 Å². The number of nitrogens with zero attached hydrogens (tertiary/aromatic N) is 1. The van der Waals surface area contributed by atoms with Crippen LogP contribution in [-0.2, 0) is 0 Å². The molecule has 0 bridgehead atoms. The van der Waals surface area contributed by atoms with Crippen LogP contribution in [0.1, 0.15) is 50.5 Å². The van der Waals surface area contributed by atoms with Gasteiger partial charge in [-0.15, -0.1) is 0 Å². The predicted molar refractivity (Wildman–Crippen MR) is 88.4 cm³/mol. The van der Waals surface area contributed by atoms with Gasteiger partial charge in [0.1, 0.15) is 0 Å². The number of aliphatic hydroxyl groups is 1. The Labute approximate surface area is 131 Å². The van der Waals surface area contributed by atoms with Gasteiger partial charge in [-0.05, 0) is 36.8 Å². The normalized spacial score (nSPS) is 13.0. The van der Waals surface area contributed by atoms with E-state index in [9.17, 15) is 5.11 Å². The van der Waals surface area contributed by atoms with Crippen LogP contribution < -0.4 is 0 Å². The quantitative estimate of drug-likeness (QED) is 0.498. The van der Waals surface area contributed by atoms with Gasteiger partial charge in [0.15, 0.2) is 0 Å². The van der Waals surface area contributed by atoms with Crippen LogP contribution in [0.4, 0.5) is 0 Å². The Balaban J connectivity index is 2.42. The van der Waals surface area contributed by atoms with Crippen molar-refractivity contribution in [1.29, 1.82) is 0 Å². The number of rotatable bonds is 9. The largest absolute Gasteiger partial charge is 0.396 e. The molecule has 0 saturated carbocycles. The van der Waals surface area contributed by atoms with Crippen molar-refractivity contribution < 1.29 is 5.11 Å². The highest BCUT2D eigenvalue weighted by atomic mass is 35.5. The summed E-state index contributed by atoms with van der Waals surface area (Å²) in [7, 11) is 0. The van der Waals surface area contributed by atoms with Crippen LogP contribution in [0.3, 0.4) is 0 Å². The maximum absolute atomic E-state index is 9.47. The summed E-state index contributed by atoms with van der Waals surface area (Å²) in [5.41, 5.74) is 0.999. The van der Waals surface area contributed by atoms with Crippen molar-refractivity contribution in [2.75, 3.05) is 13.2 Å². The SMILES string of the molecule is CCCCCCN=CCC(CO)c1ccc(Cl)c(Cl)c1. The van der Waals surface area contributed by atoms with Crippen molar-refractivity contribution >= 4 is 29.4 Å². The van der Waals surface area contributed by atoms with Crippen molar-refractivity contribution in [2.45, 2.75) is 44.9 Å². The molecule has 112 valence electrons. The maximum atomic E-state index is 9.47. The molecule has 1 rings (SSSR count). The number of unbranched alkanes of at least 4 members (excludes halogenated alkanes) is 3. The van der Waals surface area contributed by atoms with E-state index < -0.39 is 0 Å². The van der Waals surface area contributed by atoms with Crippen LogP contribution in [0, 0.1) is 0 Å². The monoisotopic (exact) mass is 315 g/mol. The Morgan fingerprint density at radius 3 is 2.65 bits per heavy atom. The average molecular weight is 316 g/mol. The van der Waals surface area contributed by atoms with Gasteiger partial charge in [0, 0.05) is 12.5 Å². The minimum atomic E-state index is 0.0316. The predicted octanol–water partition coefficient (Wildman–Crippen LogP) is 5.11. The second-order valence-electron chi connectivity index (χ2n) is 4.94. The van der Waals surface area contributed by atoms with E-state index in [4.69, 9.17) is 23.2 Å². The van der Waals surface area contributed by atoms with E-state index in [1.807, 2.05) is 18.3 Å². The minimum absolute atomic E-state index is 0.0316. The van der Waals surface area contributed by atoms with Crippen molar-refractivity contribution in [1.82, 2.24) is 0 Å². The number of aliphatic hydroxyl groups excluding tert-OH is 1. The number of hydrogen-bond acceptors (Lipinski definition) is 2. The highest BCUT2D eigenvalue weighted by Gasteiger charge is 2.10. The second kappa shape index (κ2) is 10.2. The first-order chi connectivity index (χ1) is 9.69. The molecule has 0 amide bonds. The molecule has 1 unspecified atom stereocenters. The molecule has 0 aromatic heterocycles. The van der Waals surface area contributed by atoms with Crippen LogP contribution in [0.25, 0.3) is 0 Å². The van der Waals surface area contributed by atoms with E-state index in [2.05, 4.69) is 11.9 Å². The molecular weight excluding hydrogens is 293 g/mol. The second-order valence-corrected chi connectivity index (χ2v) is 5.75. The summed E-state index contributed by atoms with van der Waals surface area (Å²) in [5, 5.41) is 10.5. The van der Waals surface area contributed by atoms with Gasteiger partial charge in [0.05, 0.1) is 16.7 Å². The van der Waals surface area contributed by atoms with Crippen molar-refractivity contribution in [2.24, 2.45) is 4.99 Å². The minimum Gasteiger partial charge on any atom is -0.396 e. The average Bonchev–Trinajstić information content (AvgIpc) is 2.45. The van der Waals surface area contributed by atoms with Gasteiger partial charge in [0.25, 0.3) is 0 Å². The van der Waals surface area contributed by atoms with Crippen LogP contribution >= 0.6 is 23.2 Å². The van der Waals surface area contributed by atoms with Gasteiger partial charge < -0.3 is 5.11 Å². The van der Waals surface area contributed by atoms with Crippen molar-refractivity contribution in [3.8, 4) is 0 Å². The first-order valence-corrected chi connectivity index (χ1v) is 7.98. The number of benzene rings is 1. The molecule has 0 spiro atoms. The summed E-state index contributed by atoms with van der Waals surface area (Å²) in [6, 6.07) is 5.49. The lowest BCUT2D eigenvalue weighted by molar-refractivity contribution is 0.268. The molecule has 0 radical (unpaired) electrons. The van der Waals surface area contributed by atoms with Crippen LogP contribution in [0.15, 0.2) is 23.2 Å². The maximum Gasteiger partial charge on any atom is 0.0595 e. The highest BCUT2D eigenvalue weighted by Crippen LogP contribution is 2.27. The first-order valence-electron chi connectivity index (χ1n) is 7.23. The van der Waals surface area contributed by atoms with Crippen molar-refractivity contribution in [3.63, 3.8) is 0 Å². The van der Waals surface area contributed by atoms with Crippen molar-refractivity contribution in [3.05, 3.63) is 33.8 Å². The summed E-state index contributed by atoms with van der Waals surface area (Å²) in [4.78, 5) is 4.40. The number of aliphatic imine (C=N–C) groups is 1. The van der Waals surface area contributed by atoms with Gasteiger partial charge in [-0.3, -0.25) is 4.99 Å². The third kappa shape index (κ3) is 6.25. The van der Waals surface area contributed by atoms with E-state index in [1.54, 1.807) is 6.07 Å². The molecule has 0 aliphatic rings. The Morgan fingerprint density at radius 1 is 1.20 bits per heavy atom. The topological polar surface area (TPSA) is 32.6 Å². The lowest BCUT2D eigenvalue weighted by Gasteiger charge is -2.12. The van der Waals surface area contributed by atoms with Gasteiger partial charge in [-0.1, -0.05) is 55.5 Å². The molecular formula is C16H23Cl2NO. The molecule has 0 saturated heterocycles. The summed E-state index contributed by atoms with van der Waals surface area (Å²) in [6.45, 7) is 3.16. The van der Waals surface area contributed by atoms with Crippen LogP contribution in [0.5, 0.6) is 0 Å². The van der Waals surface area contributed by atoms with Gasteiger partial charge in [0.2, 0.25) is 0 Å². The summed E-state index contributed by atoms with van der Waals surface area (Å²) in [5.74, 6) is 0.0316. The lowest BCUT2D eigenvalue weighted by atomic mass is 9.97. The summed E-state index contributed by atoms with van der Waals surface area (Å²) >= 11 is 11.9. The Morgan fingerprint density at radius 2 is 2.00 bits per heavy atom. The molecule has 0 heterocycles. The molecule has 1 N–H and O–H groups in total. The molecule has 0 aliphatic heterocycles. The molecule has 2 nitrogen and oxygen atoms in total. The Kier molecular flexibility index (Phi) is 8.92. The summed E-state index contributed by atoms with van der Waals surface area (Å²) < 4.78 is 0. The van der Waals surface area contributed by atoms with Gasteiger partial charge >= 0.3 is 0 Å². The van der Waals surface area contributed by atoms with Gasteiger partial charge in [-0.2, -0.15) is 0 Å². The molecule has 0 fully saturated rings. The number of hydrogen-bond donors (Lipinski definition) is 1. The lowest BCUT2D eigenvalue weighted by Crippen LogP contribution is -2.05. The first kappa shape index (κ1) is 17.5. The Hall–Kier alpha value is -0.570. The molecule has 20 heavy (non-hydrogen) atoms.